The molecule has 0 aliphatic carbocycles. The highest BCUT2D eigenvalue weighted by Crippen LogP contribution is 2.18. The number of hydrogen-bond donors (Lipinski definition) is 0. The molecule has 0 saturated carbocycles. The molecule has 1 aromatic heterocycles. The molecule has 108 valence electrons. The Labute approximate surface area is 114 Å². The van der Waals surface area contributed by atoms with Crippen molar-refractivity contribution in [3.05, 3.63) is 12.2 Å². The molecule has 0 unspecified atom stereocenters. The highest BCUT2D eigenvalue weighted by molar-refractivity contribution is 7.92. The molecule has 1 rings (SSSR count). The van der Waals surface area contributed by atoms with Gasteiger partial charge in [-0.25, -0.2) is 18.1 Å². The zero-order chi connectivity index (χ0) is 14.8. The van der Waals surface area contributed by atoms with Crippen LogP contribution in [0.3, 0.4) is 0 Å². The minimum Gasteiger partial charge on any atom is -0.297 e. The van der Waals surface area contributed by atoms with Crippen LogP contribution in [0, 0.1) is 5.92 Å². The Morgan fingerprint density at radius 1 is 1.42 bits per heavy atom. The zero-order valence-electron chi connectivity index (χ0n) is 12.0. The third-order valence-corrected chi connectivity index (χ3v) is 5.23. The number of rotatable bonds is 6. The smallest absolute Gasteiger partial charge is 0.161 e. The highest BCUT2D eigenvalue weighted by Gasteiger charge is 2.38. The first kappa shape index (κ1) is 15.8. The topological polar surface area (TPSA) is 81.9 Å². The van der Waals surface area contributed by atoms with E-state index in [2.05, 4.69) is 10.1 Å². The predicted molar refractivity (Wildman–Crippen MR) is 72.5 cm³/mol. The summed E-state index contributed by atoms with van der Waals surface area (Å²) in [4.78, 5) is 16.2. The Hall–Kier alpha value is -1.24. The van der Waals surface area contributed by atoms with Crippen LogP contribution in [0.5, 0.6) is 0 Å². The maximum absolute atomic E-state index is 12.2. The summed E-state index contributed by atoms with van der Waals surface area (Å²) in [5, 5.41) is 4.06. The summed E-state index contributed by atoms with van der Waals surface area (Å²) >= 11 is 0. The molecule has 0 bridgehead atoms. The van der Waals surface area contributed by atoms with Crippen LogP contribution in [0.1, 0.15) is 33.5 Å². The fraction of sp³-hybridized carbons (Fsp3) is 0.750. The summed E-state index contributed by atoms with van der Waals surface area (Å²) < 4.78 is 23.5. The second-order valence-electron chi connectivity index (χ2n) is 5.63. The van der Waals surface area contributed by atoms with Crippen molar-refractivity contribution in [1.82, 2.24) is 14.8 Å². The van der Waals surface area contributed by atoms with Crippen LogP contribution >= 0.6 is 0 Å². The Morgan fingerprint density at radius 2 is 2.00 bits per heavy atom. The number of carbonyl (C=O) groups excluding carboxylic acids is 1. The van der Waals surface area contributed by atoms with Gasteiger partial charge in [-0.2, -0.15) is 5.10 Å². The summed E-state index contributed by atoms with van der Waals surface area (Å²) in [6.07, 6.45) is 2.44. The van der Waals surface area contributed by atoms with Crippen molar-refractivity contribution >= 4 is 15.6 Å². The molecule has 1 aromatic rings. The van der Waals surface area contributed by atoms with Gasteiger partial charge in [-0.15, -0.1) is 0 Å². The summed E-state index contributed by atoms with van der Waals surface area (Å²) in [6, 6.07) is 0. The fourth-order valence-electron chi connectivity index (χ4n) is 1.49. The van der Waals surface area contributed by atoms with Gasteiger partial charge in [-0.3, -0.25) is 4.79 Å². The van der Waals surface area contributed by atoms with Gasteiger partial charge < -0.3 is 0 Å². The largest absolute Gasteiger partial charge is 0.297 e. The Morgan fingerprint density at radius 3 is 2.47 bits per heavy atom. The van der Waals surface area contributed by atoms with E-state index in [9.17, 15) is 13.2 Å². The minimum absolute atomic E-state index is 0.0210. The van der Waals surface area contributed by atoms with Crippen molar-refractivity contribution in [3.63, 3.8) is 0 Å². The normalized spacial score (nSPS) is 12.9. The first-order valence-corrected chi connectivity index (χ1v) is 8.04. The molecule has 19 heavy (non-hydrogen) atoms. The summed E-state index contributed by atoms with van der Waals surface area (Å²) in [5.41, 5.74) is 0. The molecule has 7 heteroatoms. The van der Waals surface area contributed by atoms with Crippen molar-refractivity contribution < 1.29 is 13.2 Å². The van der Waals surface area contributed by atoms with Crippen LogP contribution in [0.2, 0.25) is 0 Å². The maximum atomic E-state index is 12.2. The molecule has 0 radical (unpaired) electrons. The van der Waals surface area contributed by atoms with Crippen LogP contribution in [-0.2, 0) is 27.6 Å². The summed E-state index contributed by atoms with van der Waals surface area (Å²) in [7, 11) is -3.45. The molecule has 0 atom stereocenters. The first-order valence-electron chi connectivity index (χ1n) is 6.15. The average molecular weight is 287 g/mol. The monoisotopic (exact) mass is 287 g/mol. The summed E-state index contributed by atoms with van der Waals surface area (Å²) in [5.74, 6) is 0.516. The van der Waals surface area contributed by atoms with Crippen LogP contribution in [-0.4, -0.2) is 40.0 Å². The van der Waals surface area contributed by atoms with Crippen LogP contribution in [0.15, 0.2) is 6.33 Å². The minimum atomic E-state index is -3.45. The van der Waals surface area contributed by atoms with E-state index in [-0.39, 0.29) is 12.2 Å². The van der Waals surface area contributed by atoms with Gasteiger partial charge in [0.25, 0.3) is 0 Å². The third kappa shape index (κ3) is 3.62. The lowest BCUT2D eigenvalue weighted by Crippen LogP contribution is -2.41. The van der Waals surface area contributed by atoms with Crippen LogP contribution in [0.25, 0.3) is 0 Å². The lowest BCUT2D eigenvalue weighted by atomic mass is 10.0. The van der Waals surface area contributed by atoms with Gasteiger partial charge in [0.15, 0.2) is 15.6 Å². The van der Waals surface area contributed by atoms with Crippen LogP contribution < -0.4 is 0 Å². The first-order chi connectivity index (χ1) is 8.55. The van der Waals surface area contributed by atoms with Gasteiger partial charge in [0.2, 0.25) is 0 Å². The second kappa shape index (κ2) is 5.40. The number of Topliss-reactive ketones (excluding diaryl/α,β-unsaturated/α-hetero) is 1. The van der Waals surface area contributed by atoms with E-state index in [0.717, 1.165) is 6.26 Å². The quantitative estimate of drug-likeness (QED) is 0.775. The van der Waals surface area contributed by atoms with Crippen molar-refractivity contribution in [1.29, 1.82) is 0 Å². The number of aromatic nitrogens is 3. The van der Waals surface area contributed by atoms with Gasteiger partial charge >= 0.3 is 0 Å². The van der Waals surface area contributed by atoms with Crippen molar-refractivity contribution in [2.75, 3.05) is 6.26 Å². The lowest BCUT2D eigenvalue weighted by molar-refractivity contribution is -0.120. The van der Waals surface area contributed by atoms with Crippen molar-refractivity contribution in [3.8, 4) is 0 Å². The molecule has 6 nitrogen and oxygen atoms in total. The molecular formula is C12H21N3O3S. The maximum Gasteiger partial charge on any atom is 0.161 e. The van der Waals surface area contributed by atoms with Crippen LogP contribution in [0.4, 0.5) is 0 Å². The molecular weight excluding hydrogens is 266 g/mol. The molecule has 0 aromatic carbocycles. The molecule has 0 fully saturated rings. The number of sulfone groups is 1. The van der Waals surface area contributed by atoms with Gasteiger partial charge in [0.05, 0.1) is 6.42 Å². The lowest BCUT2D eigenvalue weighted by Gasteiger charge is -2.20. The van der Waals surface area contributed by atoms with Gasteiger partial charge in [0, 0.05) is 12.8 Å². The average Bonchev–Trinajstić information content (AvgIpc) is 2.63. The Kier molecular flexibility index (Phi) is 4.50. The summed E-state index contributed by atoms with van der Waals surface area (Å²) in [6.45, 7) is 7.57. The van der Waals surface area contributed by atoms with Gasteiger partial charge in [0.1, 0.15) is 16.9 Å². The zero-order valence-corrected chi connectivity index (χ0v) is 12.9. The standard InChI is InChI=1S/C12H21N3O3S/c1-9(2)7-15-11(13-8-14-15)6-10(16)12(3,4)19(5,17)18/h8-9H,6-7H2,1-5H3. The second-order valence-corrected chi connectivity index (χ2v) is 8.20. The molecule has 0 aliphatic rings. The number of nitrogens with zero attached hydrogens (tertiary/aromatic N) is 3. The molecule has 0 spiro atoms. The highest BCUT2D eigenvalue weighted by atomic mass is 32.2. The van der Waals surface area contributed by atoms with E-state index in [1.807, 2.05) is 13.8 Å². The molecule has 0 aliphatic heterocycles. The fourth-order valence-corrected chi connectivity index (χ4v) is 1.97. The SMILES string of the molecule is CC(C)Cn1ncnc1CC(=O)C(C)(C)S(C)(=O)=O. The van der Waals surface area contributed by atoms with E-state index in [4.69, 9.17) is 0 Å². The van der Waals surface area contributed by atoms with E-state index in [1.54, 1.807) is 4.68 Å². The van der Waals surface area contributed by atoms with Crippen molar-refractivity contribution in [2.45, 2.75) is 45.4 Å². The van der Waals surface area contributed by atoms with E-state index in [0.29, 0.717) is 18.3 Å². The van der Waals surface area contributed by atoms with E-state index in [1.165, 1.54) is 20.2 Å². The van der Waals surface area contributed by atoms with E-state index < -0.39 is 14.6 Å². The molecule has 0 N–H and O–H groups in total. The van der Waals surface area contributed by atoms with Crippen molar-refractivity contribution in [2.24, 2.45) is 5.92 Å². The number of carbonyl (C=O) groups is 1. The molecule has 1 heterocycles. The molecule has 0 saturated heterocycles. The molecule has 0 amide bonds. The third-order valence-electron chi connectivity index (χ3n) is 3.15. The van der Waals surface area contributed by atoms with Gasteiger partial charge in [-0.05, 0) is 19.8 Å². The van der Waals surface area contributed by atoms with Gasteiger partial charge in [-0.1, -0.05) is 13.8 Å². The Bertz CT molecular complexity index is 559. The van der Waals surface area contributed by atoms with E-state index >= 15 is 0 Å². The predicted octanol–water partition coefficient (Wildman–Crippen LogP) is 0.869. The number of ketones is 1. The number of hydrogen-bond acceptors (Lipinski definition) is 5. The Balaban J connectivity index is 2.92.